The Balaban J connectivity index is 1.40. The van der Waals surface area contributed by atoms with Gasteiger partial charge in [-0.1, -0.05) is 28.9 Å². The van der Waals surface area contributed by atoms with E-state index < -0.39 is 5.82 Å². The Kier molecular flexibility index (Phi) is 6.21. The molecule has 10 heteroatoms. The second-order valence-electron chi connectivity index (χ2n) is 6.60. The average molecular weight is 449 g/mol. The quantitative estimate of drug-likeness (QED) is 0.591. The van der Waals surface area contributed by atoms with E-state index in [9.17, 15) is 9.18 Å². The molecule has 2 N–H and O–H groups in total. The summed E-state index contributed by atoms with van der Waals surface area (Å²) in [5.41, 5.74) is 1.12. The Morgan fingerprint density at radius 2 is 2.20 bits per heavy atom. The number of amides is 1. The molecule has 156 valence electrons. The summed E-state index contributed by atoms with van der Waals surface area (Å²) in [6.45, 7) is 0. The summed E-state index contributed by atoms with van der Waals surface area (Å²) in [5, 5.41) is 10.2. The zero-order valence-corrected chi connectivity index (χ0v) is 17.5. The predicted octanol–water partition coefficient (Wildman–Crippen LogP) is 3.91. The molecule has 1 saturated heterocycles. The minimum absolute atomic E-state index is 0.0303. The molecule has 0 bridgehead atoms. The molecule has 2 atom stereocenters. The van der Waals surface area contributed by atoms with E-state index in [1.807, 2.05) is 24.3 Å². The van der Waals surface area contributed by atoms with E-state index in [0.717, 1.165) is 11.3 Å². The number of aromatic nitrogens is 2. The smallest absolute Gasteiger partial charge is 0.237 e. The lowest BCUT2D eigenvalue weighted by atomic mass is 10.0. The van der Waals surface area contributed by atoms with E-state index in [-0.39, 0.29) is 28.3 Å². The van der Waals surface area contributed by atoms with Gasteiger partial charge in [-0.25, -0.2) is 4.39 Å². The van der Waals surface area contributed by atoms with E-state index >= 15 is 0 Å². The highest BCUT2D eigenvalue weighted by atomic mass is 35.5. The van der Waals surface area contributed by atoms with Crippen LogP contribution in [0, 0.1) is 5.82 Å². The maximum atomic E-state index is 13.6. The van der Waals surface area contributed by atoms with Gasteiger partial charge in [0, 0.05) is 18.0 Å². The maximum absolute atomic E-state index is 13.6. The number of hydrogen-bond acceptors (Lipinski definition) is 7. The Morgan fingerprint density at radius 1 is 1.33 bits per heavy atom. The molecule has 2 unspecified atom stereocenters. The van der Waals surface area contributed by atoms with E-state index in [1.165, 1.54) is 23.9 Å². The van der Waals surface area contributed by atoms with Gasteiger partial charge in [0.05, 0.1) is 17.9 Å². The van der Waals surface area contributed by atoms with Gasteiger partial charge < -0.3 is 14.6 Å². The Hall–Kier alpha value is -2.62. The van der Waals surface area contributed by atoms with Crippen LogP contribution >= 0.6 is 23.4 Å². The predicted molar refractivity (Wildman–Crippen MR) is 111 cm³/mol. The Morgan fingerprint density at radius 3 is 3.00 bits per heavy atom. The van der Waals surface area contributed by atoms with Crippen molar-refractivity contribution in [3.8, 4) is 17.1 Å². The Bertz CT molecular complexity index is 1060. The first-order chi connectivity index (χ1) is 14.5. The van der Waals surface area contributed by atoms with Crippen molar-refractivity contribution in [3.05, 3.63) is 64.8 Å². The van der Waals surface area contributed by atoms with Gasteiger partial charge in [-0.3, -0.25) is 10.1 Å². The summed E-state index contributed by atoms with van der Waals surface area (Å²) >= 11 is 7.11. The minimum Gasteiger partial charge on any atom is -0.497 e. The summed E-state index contributed by atoms with van der Waals surface area (Å²) in [6, 6.07) is 11.8. The summed E-state index contributed by atoms with van der Waals surface area (Å²) in [5.74, 6) is 1.14. The minimum atomic E-state index is -0.549. The van der Waals surface area contributed by atoms with Crippen LogP contribution in [0.5, 0.6) is 5.75 Å². The number of benzene rings is 2. The molecule has 0 aliphatic carbocycles. The summed E-state index contributed by atoms with van der Waals surface area (Å²) in [6.07, 6.45) is 0.330. The lowest BCUT2D eigenvalue weighted by molar-refractivity contribution is -0.123. The van der Waals surface area contributed by atoms with Crippen molar-refractivity contribution in [2.75, 3.05) is 7.11 Å². The molecular weight excluding hydrogens is 431 g/mol. The molecule has 4 rings (SSSR count). The first-order valence-electron chi connectivity index (χ1n) is 9.11. The summed E-state index contributed by atoms with van der Waals surface area (Å²) in [7, 11) is 1.61. The van der Waals surface area contributed by atoms with Crippen LogP contribution in [0.25, 0.3) is 11.4 Å². The first-order valence-corrected chi connectivity index (χ1v) is 10.5. The molecule has 2 aromatic carbocycles. The number of nitrogens with one attached hydrogen (secondary N) is 2. The van der Waals surface area contributed by atoms with E-state index in [0.29, 0.717) is 23.6 Å². The highest BCUT2D eigenvalue weighted by Crippen LogP contribution is 2.28. The Labute approximate surface area is 181 Å². The van der Waals surface area contributed by atoms with E-state index in [2.05, 4.69) is 20.8 Å². The number of hydrogen-bond donors (Lipinski definition) is 2. The summed E-state index contributed by atoms with van der Waals surface area (Å²) in [4.78, 5) is 16.5. The lowest BCUT2D eigenvalue weighted by Crippen LogP contribution is -2.50. The van der Waals surface area contributed by atoms with Crippen LogP contribution in [0.3, 0.4) is 0 Å². The van der Waals surface area contributed by atoms with Crippen LogP contribution in [0.2, 0.25) is 5.02 Å². The number of nitrogens with zero attached hydrogens (tertiary/aromatic N) is 2. The third-order valence-corrected chi connectivity index (χ3v) is 5.86. The van der Waals surface area contributed by atoms with Crippen LogP contribution in [0.4, 0.5) is 4.39 Å². The maximum Gasteiger partial charge on any atom is 0.237 e. The number of carbonyl (C=O) groups excluding carboxylic acids is 1. The number of halogens is 2. The van der Waals surface area contributed by atoms with Gasteiger partial charge >= 0.3 is 0 Å². The number of ether oxygens (including phenoxy) is 1. The van der Waals surface area contributed by atoms with E-state index in [4.69, 9.17) is 20.9 Å². The molecule has 1 aliphatic heterocycles. The van der Waals surface area contributed by atoms with Gasteiger partial charge in [0.1, 0.15) is 17.1 Å². The lowest BCUT2D eigenvalue weighted by Gasteiger charge is -2.31. The molecule has 0 spiro atoms. The molecule has 1 aromatic heterocycles. The number of thioether (sulfide) groups is 1. The van der Waals surface area contributed by atoms with Crippen molar-refractivity contribution in [2.24, 2.45) is 0 Å². The molecule has 2 heterocycles. The second kappa shape index (κ2) is 9.03. The molecule has 1 amide bonds. The normalized spacial score (nSPS) is 18.8. The first kappa shape index (κ1) is 20.6. The van der Waals surface area contributed by atoms with Crippen molar-refractivity contribution in [2.45, 2.75) is 23.7 Å². The van der Waals surface area contributed by atoms with E-state index in [1.54, 1.807) is 13.2 Å². The van der Waals surface area contributed by atoms with Gasteiger partial charge in [-0.2, -0.15) is 4.98 Å². The monoisotopic (exact) mass is 448 g/mol. The molecule has 1 fully saturated rings. The van der Waals surface area contributed by atoms with Crippen LogP contribution < -0.4 is 15.4 Å². The molecular formula is C20H18ClFN4O3S. The van der Waals surface area contributed by atoms with Crippen molar-refractivity contribution < 1.29 is 18.4 Å². The third kappa shape index (κ3) is 4.75. The third-order valence-electron chi connectivity index (χ3n) is 4.55. The van der Waals surface area contributed by atoms with Crippen LogP contribution in [-0.2, 0) is 10.5 Å². The zero-order valence-electron chi connectivity index (χ0n) is 15.9. The molecule has 7 nitrogen and oxygen atoms in total. The highest BCUT2D eigenvalue weighted by molar-refractivity contribution is 7.99. The second-order valence-corrected chi connectivity index (χ2v) is 8.10. The molecule has 0 saturated carbocycles. The van der Waals surface area contributed by atoms with Crippen molar-refractivity contribution >= 4 is 29.3 Å². The van der Waals surface area contributed by atoms with Crippen LogP contribution in [0.1, 0.15) is 23.9 Å². The number of rotatable bonds is 6. The molecule has 3 aromatic rings. The van der Waals surface area contributed by atoms with Gasteiger partial charge in [0.15, 0.2) is 0 Å². The van der Waals surface area contributed by atoms with Gasteiger partial charge in [-0.05, 0) is 35.9 Å². The highest BCUT2D eigenvalue weighted by Gasteiger charge is 2.27. The standard InChI is InChI=1S/C20H18ClFN4O3S/c1-28-13-4-2-3-11(7-13)16-9-17(27)24-20(23-16)30-10-18-25-19(26-29-18)12-5-6-14(21)15(22)8-12/h2-8,16,20,23H,9-10H2,1H3,(H,24,27). The van der Waals surface area contributed by atoms with Crippen molar-refractivity contribution in [1.29, 1.82) is 0 Å². The molecule has 1 aliphatic rings. The van der Waals surface area contributed by atoms with Crippen LogP contribution in [-0.4, -0.2) is 28.7 Å². The van der Waals surface area contributed by atoms with Crippen LogP contribution in [0.15, 0.2) is 47.0 Å². The fraction of sp³-hybridized carbons (Fsp3) is 0.250. The largest absolute Gasteiger partial charge is 0.497 e. The molecule has 0 radical (unpaired) electrons. The SMILES string of the molecule is COc1cccc(C2CC(=O)NC(SCc3nc(-c4ccc(Cl)c(F)c4)no3)N2)c1. The fourth-order valence-corrected chi connectivity index (χ4v) is 4.08. The topological polar surface area (TPSA) is 89.3 Å². The van der Waals surface area contributed by atoms with Gasteiger partial charge in [0.2, 0.25) is 17.6 Å². The molecule has 30 heavy (non-hydrogen) atoms. The average Bonchev–Trinajstić information content (AvgIpc) is 3.23. The summed E-state index contributed by atoms with van der Waals surface area (Å²) < 4.78 is 24.2. The van der Waals surface area contributed by atoms with Crippen molar-refractivity contribution in [1.82, 2.24) is 20.8 Å². The fourth-order valence-electron chi connectivity index (χ4n) is 3.06. The van der Waals surface area contributed by atoms with Gasteiger partial charge in [0.25, 0.3) is 0 Å². The van der Waals surface area contributed by atoms with Crippen molar-refractivity contribution in [3.63, 3.8) is 0 Å². The number of methoxy groups -OCH3 is 1. The van der Waals surface area contributed by atoms with Gasteiger partial charge in [-0.15, -0.1) is 11.8 Å². The number of carbonyl (C=O) groups is 1. The zero-order chi connectivity index (χ0) is 21.1.